The van der Waals surface area contributed by atoms with Crippen molar-refractivity contribution in [2.75, 3.05) is 13.1 Å². The molecule has 3 aliphatic rings. The molecule has 1 N–H and O–H groups in total. The lowest BCUT2D eigenvalue weighted by Crippen LogP contribution is -2.45. The van der Waals surface area contributed by atoms with Gasteiger partial charge in [-0.15, -0.1) is 0 Å². The number of halogens is 1. The van der Waals surface area contributed by atoms with Crippen molar-refractivity contribution >= 4 is 16.2 Å². The van der Waals surface area contributed by atoms with Crippen LogP contribution in [0.2, 0.25) is 0 Å². The number of fused-ring (bicyclic) bond motifs is 1. The zero-order chi connectivity index (χ0) is 16.6. The second kappa shape index (κ2) is 6.18. The zero-order valence-corrected chi connectivity index (χ0v) is 13.4. The summed E-state index contributed by atoms with van der Waals surface area (Å²) in [6.07, 6.45) is 1.48. The van der Waals surface area contributed by atoms with Crippen LogP contribution in [0.5, 0.6) is 0 Å². The Hall–Kier alpha value is -1.51. The van der Waals surface area contributed by atoms with E-state index >= 15 is 0 Å². The van der Waals surface area contributed by atoms with E-state index in [2.05, 4.69) is 0 Å². The minimum absolute atomic E-state index is 0.0265. The van der Waals surface area contributed by atoms with Crippen LogP contribution < -0.4 is 0 Å². The fraction of sp³-hybridized carbons (Fsp3) is 0.533. The minimum atomic E-state index is -3.73. The van der Waals surface area contributed by atoms with Crippen LogP contribution in [0.25, 0.3) is 0 Å². The second-order valence-corrected chi connectivity index (χ2v) is 8.06. The van der Waals surface area contributed by atoms with Crippen molar-refractivity contribution in [1.29, 1.82) is 0 Å². The Labute approximate surface area is 134 Å². The highest BCUT2D eigenvalue weighted by atomic mass is 32.2. The average molecular weight is 342 g/mol. The Kier molecular flexibility index (Phi) is 4.39. The molecule has 3 fully saturated rings. The second-order valence-electron chi connectivity index (χ2n) is 6.18. The number of carbonyl (C=O) groups is 1. The molecular weight excluding hydrogens is 323 g/mol. The zero-order valence-electron chi connectivity index (χ0n) is 12.6. The Morgan fingerprint density at radius 2 is 2.13 bits per heavy atom. The van der Waals surface area contributed by atoms with Gasteiger partial charge >= 0.3 is 5.97 Å². The minimum Gasteiger partial charge on any atom is -0.481 e. The summed E-state index contributed by atoms with van der Waals surface area (Å²) in [6.45, 7) is 0.350. The van der Waals surface area contributed by atoms with Gasteiger partial charge in [-0.1, -0.05) is 12.1 Å². The van der Waals surface area contributed by atoms with Gasteiger partial charge in [0, 0.05) is 25.7 Å². The van der Waals surface area contributed by atoms with Crippen molar-refractivity contribution in [2.24, 2.45) is 5.92 Å². The lowest BCUT2D eigenvalue weighted by molar-refractivity contribution is -0.137. The number of benzene rings is 1. The summed E-state index contributed by atoms with van der Waals surface area (Å²) in [7, 11) is -3.73. The van der Waals surface area contributed by atoms with E-state index in [0.717, 1.165) is 17.1 Å². The lowest BCUT2D eigenvalue weighted by Gasteiger charge is -2.30. The van der Waals surface area contributed by atoms with Crippen LogP contribution in [0.4, 0.5) is 4.39 Å². The van der Waals surface area contributed by atoms with E-state index in [-0.39, 0.29) is 25.6 Å². The summed E-state index contributed by atoms with van der Waals surface area (Å²) in [5.41, 5.74) is 0.505. The van der Waals surface area contributed by atoms with Crippen molar-refractivity contribution in [3.63, 3.8) is 0 Å². The molecule has 0 amide bonds. The molecular formula is C15H19FN2O4S. The number of nitrogens with zero attached hydrogens (tertiary/aromatic N) is 2. The summed E-state index contributed by atoms with van der Waals surface area (Å²) in [5.74, 6) is -1.08. The number of carboxylic acids is 1. The van der Waals surface area contributed by atoms with Crippen LogP contribution in [-0.4, -0.2) is 47.2 Å². The number of rotatable bonds is 7. The predicted octanol–water partition coefficient (Wildman–Crippen LogP) is 1.44. The highest BCUT2D eigenvalue weighted by Crippen LogP contribution is 2.42. The molecule has 1 aliphatic carbocycles. The number of hydrogen-bond donors (Lipinski definition) is 1. The van der Waals surface area contributed by atoms with E-state index in [1.807, 2.05) is 0 Å². The average Bonchev–Trinajstić information content (AvgIpc) is 3.03. The third-order valence-corrected chi connectivity index (χ3v) is 6.51. The SMILES string of the molecule is O=C(O)CCN(Cc1cccc(F)c1)S(=O)(=O)N1CC2CC1C2. The molecule has 2 heterocycles. The molecule has 0 spiro atoms. The smallest absolute Gasteiger partial charge is 0.304 e. The summed E-state index contributed by atoms with van der Waals surface area (Å²) >= 11 is 0. The molecule has 1 aromatic rings. The highest BCUT2D eigenvalue weighted by molar-refractivity contribution is 7.86. The molecule has 0 atom stereocenters. The molecule has 8 heteroatoms. The van der Waals surface area contributed by atoms with Crippen LogP contribution in [0, 0.1) is 11.7 Å². The van der Waals surface area contributed by atoms with Crippen LogP contribution in [0.1, 0.15) is 24.8 Å². The first kappa shape index (κ1) is 16.4. The topological polar surface area (TPSA) is 77.9 Å². The van der Waals surface area contributed by atoms with Gasteiger partial charge in [0.25, 0.3) is 10.2 Å². The number of aliphatic carboxylic acids is 1. The first-order valence-corrected chi connectivity index (χ1v) is 8.99. The van der Waals surface area contributed by atoms with E-state index in [1.54, 1.807) is 6.07 Å². The molecule has 0 aromatic heterocycles. The van der Waals surface area contributed by atoms with Gasteiger partial charge in [-0.2, -0.15) is 17.0 Å². The molecule has 1 saturated carbocycles. The van der Waals surface area contributed by atoms with Gasteiger partial charge in [0.15, 0.2) is 0 Å². The summed E-state index contributed by atoms with van der Waals surface area (Å²) < 4.78 is 41.6. The maximum Gasteiger partial charge on any atom is 0.304 e. The number of hydrogen-bond acceptors (Lipinski definition) is 3. The highest BCUT2D eigenvalue weighted by Gasteiger charge is 2.49. The monoisotopic (exact) mass is 342 g/mol. The molecule has 2 bridgehead atoms. The van der Waals surface area contributed by atoms with E-state index in [9.17, 15) is 17.6 Å². The maximum absolute atomic E-state index is 13.3. The Bertz CT molecular complexity index is 703. The number of carboxylic acid groups (broad SMARTS) is 1. The van der Waals surface area contributed by atoms with Crippen molar-refractivity contribution < 1.29 is 22.7 Å². The molecule has 126 valence electrons. The first-order valence-electron chi connectivity index (χ1n) is 7.59. The van der Waals surface area contributed by atoms with Gasteiger partial charge in [-0.3, -0.25) is 4.79 Å². The largest absolute Gasteiger partial charge is 0.481 e. The Balaban J connectivity index is 1.81. The third kappa shape index (κ3) is 3.39. The van der Waals surface area contributed by atoms with E-state index < -0.39 is 22.0 Å². The molecule has 0 unspecified atom stereocenters. The Morgan fingerprint density at radius 3 is 2.70 bits per heavy atom. The van der Waals surface area contributed by atoms with Gasteiger partial charge in [-0.25, -0.2) is 4.39 Å². The van der Waals surface area contributed by atoms with E-state index in [4.69, 9.17) is 5.11 Å². The van der Waals surface area contributed by atoms with Crippen LogP contribution >= 0.6 is 0 Å². The predicted molar refractivity (Wildman–Crippen MR) is 81.2 cm³/mol. The molecule has 1 aromatic carbocycles. The summed E-state index contributed by atoms with van der Waals surface area (Å²) in [5, 5.41) is 8.87. The van der Waals surface area contributed by atoms with Crippen molar-refractivity contribution in [3.05, 3.63) is 35.6 Å². The normalized spacial score (nSPS) is 23.9. The van der Waals surface area contributed by atoms with Gasteiger partial charge in [0.05, 0.1) is 6.42 Å². The molecule has 4 rings (SSSR count). The van der Waals surface area contributed by atoms with Gasteiger partial charge in [0.2, 0.25) is 0 Å². The van der Waals surface area contributed by atoms with Gasteiger partial charge in [-0.05, 0) is 36.5 Å². The van der Waals surface area contributed by atoms with Crippen molar-refractivity contribution in [3.8, 4) is 0 Å². The van der Waals surface area contributed by atoms with Crippen LogP contribution in [-0.2, 0) is 21.5 Å². The van der Waals surface area contributed by atoms with Crippen molar-refractivity contribution in [2.45, 2.75) is 31.8 Å². The molecule has 2 saturated heterocycles. The maximum atomic E-state index is 13.3. The van der Waals surface area contributed by atoms with E-state index in [1.165, 1.54) is 22.5 Å². The first-order chi connectivity index (χ1) is 10.9. The fourth-order valence-corrected chi connectivity index (χ4v) is 5.13. The molecule has 6 nitrogen and oxygen atoms in total. The fourth-order valence-electron chi connectivity index (χ4n) is 3.25. The van der Waals surface area contributed by atoms with Crippen LogP contribution in [0.15, 0.2) is 24.3 Å². The lowest BCUT2D eigenvalue weighted by atomic mass is 9.87. The Morgan fingerprint density at radius 1 is 1.39 bits per heavy atom. The summed E-state index contributed by atoms with van der Waals surface area (Å²) in [4.78, 5) is 10.8. The molecule has 2 aliphatic heterocycles. The van der Waals surface area contributed by atoms with Crippen LogP contribution in [0.3, 0.4) is 0 Å². The van der Waals surface area contributed by atoms with Gasteiger partial charge < -0.3 is 5.11 Å². The van der Waals surface area contributed by atoms with E-state index in [0.29, 0.717) is 18.0 Å². The van der Waals surface area contributed by atoms with Gasteiger partial charge in [0.1, 0.15) is 5.82 Å². The standard InChI is InChI=1S/C15H19FN2O4S/c16-13-3-1-2-11(6-13)9-17(5-4-15(19)20)23(21,22)18-10-12-7-14(18)8-12/h1-3,6,12,14H,4-5,7-10H2,(H,19,20). The summed E-state index contributed by atoms with van der Waals surface area (Å²) in [6, 6.07) is 5.74. The quantitative estimate of drug-likeness (QED) is 0.813. The molecule has 23 heavy (non-hydrogen) atoms. The van der Waals surface area contributed by atoms with Crippen molar-refractivity contribution in [1.82, 2.24) is 8.61 Å². The molecule has 0 radical (unpaired) electrons. The third-order valence-electron chi connectivity index (χ3n) is 4.50.